The van der Waals surface area contributed by atoms with Crippen LogP contribution in [0, 0.1) is 6.92 Å². The Morgan fingerprint density at radius 3 is 2.62 bits per heavy atom. The molecule has 132 valence electrons. The van der Waals surface area contributed by atoms with Crippen LogP contribution in [0.2, 0.25) is 0 Å². The molecular formula is C17H24ClN3O2S. The first-order chi connectivity index (χ1) is 11.1. The highest BCUT2D eigenvalue weighted by atomic mass is 35.5. The zero-order valence-electron chi connectivity index (χ0n) is 13.9. The van der Waals surface area contributed by atoms with E-state index in [-0.39, 0.29) is 30.3 Å². The van der Waals surface area contributed by atoms with Crippen molar-refractivity contribution < 1.29 is 9.59 Å². The molecule has 0 saturated carbocycles. The SMILES string of the molecule is Cc1cccc(C(=O)N2CCCN(C(=O)C3CSCN3)CC2)c1.Cl. The molecule has 1 atom stereocenters. The quantitative estimate of drug-likeness (QED) is 0.863. The molecule has 0 aliphatic carbocycles. The highest BCUT2D eigenvalue weighted by Crippen LogP contribution is 2.15. The fourth-order valence-corrected chi connectivity index (χ4v) is 4.01. The van der Waals surface area contributed by atoms with Gasteiger partial charge in [0.2, 0.25) is 5.91 Å². The van der Waals surface area contributed by atoms with Gasteiger partial charge in [0.1, 0.15) is 0 Å². The van der Waals surface area contributed by atoms with E-state index in [1.54, 1.807) is 11.8 Å². The third-order valence-corrected chi connectivity index (χ3v) is 5.31. The molecule has 24 heavy (non-hydrogen) atoms. The molecule has 2 saturated heterocycles. The first-order valence-electron chi connectivity index (χ1n) is 8.11. The Labute approximate surface area is 153 Å². The summed E-state index contributed by atoms with van der Waals surface area (Å²) in [5.74, 6) is 1.95. The Morgan fingerprint density at radius 1 is 1.17 bits per heavy atom. The molecule has 1 unspecified atom stereocenters. The highest BCUT2D eigenvalue weighted by molar-refractivity contribution is 7.99. The fraction of sp³-hybridized carbons (Fsp3) is 0.529. The Hall–Kier alpha value is -1.24. The number of rotatable bonds is 2. The first-order valence-corrected chi connectivity index (χ1v) is 9.26. The van der Waals surface area contributed by atoms with Crippen molar-refractivity contribution in [1.82, 2.24) is 15.1 Å². The number of benzene rings is 1. The van der Waals surface area contributed by atoms with Gasteiger partial charge in [-0.15, -0.1) is 24.2 Å². The van der Waals surface area contributed by atoms with Crippen molar-refractivity contribution in [3.63, 3.8) is 0 Å². The highest BCUT2D eigenvalue weighted by Gasteiger charge is 2.29. The van der Waals surface area contributed by atoms with Crippen LogP contribution in [0.1, 0.15) is 22.3 Å². The summed E-state index contributed by atoms with van der Waals surface area (Å²) < 4.78 is 0. The van der Waals surface area contributed by atoms with E-state index in [9.17, 15) is 9.59 Å². The van der Waals surface area contributed by atoms with Crippen LogP contribution in [0.3, 0.4) is 0 Å². The van der Waals surface area contributed by atoms with Gasteiger partial charge in [-0.3, -0.25) is 14.9 Å². The van der Waals surface area contributed by atoms with E-state index in [0.717, 1.165) is 35.7 Å². The van der Waals surface area contributed by atoms with Gasteiger partial charge in [0.05, 0.1) is 6.04 Å². The molecule has 2 fully saturated rings. The lowest BCUT2D eigenvalue weighted by atomic mass is 10.1. The maximum Gasteiger partial charge on any atom is 0.253 e. The van der Waals surface area contributed by atoms with E-state index < -0.39 is 0 Å². The van der Waals surface area contributed by atoms with E-state index in [2.05, 4.69) is 5.32 Å². The number of nitrogens with one attached hydrogen (secondary N) is 1. The summed E-state index contributed by atoms with van der Waals surface area (Å²) in [6.45, 7) is 4.67. The third kappa shape index (κ3) is 4.43. The molecule has 3 rings (SSSR count). The lowest BCUT2D eigenvalue weighted by molar-refractivity contribution is -0.132. The van der Waals surface area contributed by atoms with Gasteiger partial charge in [0, 0.05) is 43.4 Å². The summed E-state index contributed by atoms with van der Waals surface area (Å²) in [6.07, 6.45) is 0.836. The Bertz CT molecular complexity index is 593. The van der Waals surface area contributed by atoms with Gasteiger partial charge in [-0.2, -0.15) is 0 Å². The molecule has 0 radical (unpaired) electrons. The molecule has 2 aliphatic rings. The number of halogens is 1. The summed E-state index contributed by atoms with van der Waals surface area (Å²) >= 11 is 1.76. The maximum atomic E-state index is 12.6. The first kappa shape index (κ1) is 19.1. The normalized spacial score (nSPS) is 21.1. The van der Waals surface area contributed by atoms with Crippen molar-refractivity contribution >= 4 is 36.0 Å². The van der Waals surface area contributed by atoms with Gasteiger partial charge >= 0.3 is 0 Å². The van der Waals surface area contributed by atoms with Crippen LogP contribution in [0.25, 0.3) is 0 Å². The molecule has 7 heteroatoms. The minimum atomic E-state index is -0.0565. The molecule has 2 amide bonds. The number of amides is 2. The topological polar surface area (TPSA) is 52.7 Å². The van der Waals surface area contributed by atoms with Crippen LogP contribution >= 0.6 is 24.2 Å². The average molecular weight is 370 g/mol. The second kappa shape index (κ2) is 8.74. The number of nitrogens with zero attached hydrogens (tertiary/aromatic N) is 2. The molecule has 1 aromatic carbocycles. The second-order valence-corrected chi connectivity index (χ2v) is 7.14. The van der Waals surface area contributed by atoms with E-state index in [1.165, 1.54) is 0 Å². The van der Waals surface area contributed by atoms with Crippen molar-refractivity contribution in [3.8, 4) is 0 Å². The van der Waals surface area contributed by atoms with Crippen LogP contribution in [-0.4, -0.2) is 65.5 Å². The van der Waals surface area contributed by atoms with Crippen LogP contribution in [0.5, 0.6) is 0 Å². The molecule has 0 aromatic heterocycles. The minimum absolute atomic E-state index is 0. The van der Waals surface area contributed by atoms with Gasteiger partial charge < -0.3 is 9.80 Å². The molecule has 0 bridgehead atoms. The second-order valence-electron chi connectivity index (χ2n) is 6.11. The molecule has 2 aliphatic heterocycles. The number of hydrogen-bond donors (Lipinski definition) is 1. The van der Waals surface area contributed by atoms with Crippen LogP contribution < -0.4 is 5.32 Å². The third-order valence-electron chi connectivity index (χ3n) is 4.37. The van der Waals surface area contributed by atoms with Crippen molar-refractivity contribution in [2.45, 2.75) is 19.4 Å². The van der Waals surface area contributed by atoms with E-state index >= 15 is 0 Å². The molecular weight excluding hydrogens is 346 g/mol. The van der Waals surface area contributed by atoms with Crippen molar-refractivity contribution in [3.05, 3.63) is 35.4 Å². The largest absolute Gasteiger partial charge is 0.339 e. The molecule has 1 N–H and O–H groups in total. The summed E-state index contributed by atoms with van der Waals surface area (Å²) in [5.41, 5.74) is 1.82. The van der Waals surface area contributed by atoms with E-state index in [0.29, 0.717) is 19.6 Å². The Kier molecular flexibility index (Phi) is 6.95. The standard InChI is InChI=1S/C17H23N3O2S.ClH/c1-13-4-2-5-14(10-13)16(21)19-6-3-7-20(9-8-19)17(22)15-11-23-12-18-15;/h2,4-5,10,15,18H,3,6-9,11-12H2,1H3;1H. The molecule has 2 heterocycles. The van der Waals surface area contributed by atoms with Gasteiger partial charge in [-0.1, -0.05) is 17.7 Å². The lowest BCUT2D eigenvalue weighted by Gasteiger charge is -2.24. The van der Waals surface area contributed by atoms with Crippen molar-refractivity contribution in [2.24, 2.45) is 0 Å². The molecule has 1 aromatic rings. The summed E-state index contributed by atoms with van der Waals surface area (Å²) in [4.78, 5) is 28.9. The Morgan fingerprint density at radius 2 is 1.92 bits per heavy atom. The zero-order valence-corrected chi connectivity index (χ0v) is 15.5. The number of aryl methyl sites for hydroxylation is 1. The average Bonchev–Trinajstić information content (AvgIpc) is 2.98. The van der Waals surface area contributed by atoms with Gasteiger partial charge in [-0.25, -0.2) is 0 Å². The summed E-state index contributed by atoms with van der Waals surface area (Å²) in [6, 6.07) is 7.64. The minimum Gasteiger partial charge on any atom is -0.339 e. The van der Waals surface area contributed by atoms with E-state index in [4.69, 9.17) is 0 Å². The smallest absolute Gasteiger partial charge is 0.253 e. The lowest BCUT2D eigenvalue weighted by Crippen LogP contribution is -2.46. The van der Waals surface area contributed by atoms with Crippen LogP contribution in [0.4, 0.5) is 0 Å². The van der Waals surface area contributed by atoms with Gasteiger partial charge in [-0.05, 0) is 25.5 Å². The number of thioether (sulfide) groups is 1. The Balaban J connectivity index is 0.00000208. The predicted octanol–water partition coefficient (Wildman–Crippen LogP) is 1.75. The van der Waals surface area contributed by atoms with E-state index in [1.807, 2.05) is 41.0 Å². The summed E-state index contributed by atoms with van der Waals surface area (Å²) in [5, 5.41) is 3.23. The van der Waals surface area contributed by atoms with Crippen LogP contribution in [0.15, 0.2) is 24.3 Å². The van der Waals surface area contributed by atoms with Crippen molar-refractivity contribution in [1.29, 1.82) is 0 Å². The number of carbonyl (C=O) groups excluding carboxylic acids is 2. The summed E-state index contributed by atoms with van der Waals surface area (Å²) in [7, 11) is 0. The molecule has 0 spiro atoms. The van der Waals surface area contributed by atoms with Gasteiger partial charge in [0.25, 0.3) is 5.91 Å². The zero-order chi connectivity index (χ0) is 16.2. The number of carbonyl (C=O) groups is 2. The van der Waals surface area contributed by atoms with Crippen molar-refractivity contribution in [2.75, 3.05) is 37.8 Å². The molecule has 5 nitrogen and oxygen atoms in total. The van der Waals surface area contributed by atoms with Gasteiger partial charge in [0.15, 0.2) is 0 Å². The maximum absolute atomic E-state index is 12.6. The predicted molar refractivity (Wildman–Crippen MR) is 99.8 cm³/mol. The van der Waals surface area contributed by atoms with Crippen LogP contribution in [-0.2, 0) is 4.79 Å². The monoisotopic (exact) mass is 369 g/mol. The number of hydrogen-bond acceptors (Lipinski definition) is 4. The fourth-order valence-electron chi connectivity index (χ4n) is 3.08.